The minimum absolute atomic E-state index is 0.535. The highest BCUT2D eigenvalue weighted by molar-refractivity contribution is 5.23. The maximum atomic E-state index is 5.63. The fraction of sp³-hybridized carbons (Fsp3) is 0.308. The number of benzene rings is 1. The fourth-order valence-corrected chi connectivity index (χ4v) is 1.74. The number of aryl methyl sites for hydroxylation is 1. The summed E-state index contributed by atoms with van der Waals surface area (Å²) in [5.41, 5.74) is 9.35. The zero-order valence-corrected chi connectivity index (χ0v) is 9.56. The Labute approximate surface area is 95.9 Å². The Morgan fingerprint density at radius 3 is 2.50 bits per heavy atom. The highest BCUT2D eigenvalue weighted by atomic mass is 15.0. The number of rotatable bonds is 4. The summed E-state index contributed by atoms with van der Waals surface area (Å²) in [5.74, 6) is 0. The van der Waals surface area contributed by atoms with Gasteiger partial charge in [-0.05, 0) is 17.5 Å². The van der Waals surface area contributed by atoms with Gasteiger partial charge in [-0.3, -0.25) is 0 Å². The van der Waals surface area contributed by atoms with E-state index in [0.717, 1.165) is 18.7 Å². The number of aromatic nitrogens is 2. The molecular formula is C13H17N3. The van der Waals surface area contributed by atoms with Crippen molar-refractivity contribution in [3.05, 3.63) is 53.6 Å². The second-order valence-corrected chi connectivity index (χ2v) is 3.89. The van der Waals surface area contributed by atoms with Crippen LogP contribution in [0.5, 0.6) is 0 Å². The molecule has 2 N–H and O–H groups in total. The predicted molar refractivity (Wildman–Crippen MR) is 65.0 cm³/mol. The summed E-state index contributed by atoms with van der Waals surface area (Å²) in [4.78, 5) is 4.11. The second kappa shape index (κ2) is 4.94. The van der Waals surface area contributed by atoms with Gasteiger partial charge in [0, 0.05) is 19.3 Å². The van der Waals surface area contributed by atoms with Crippen molar-refractivity contribution in [2.75, 3.05) is 0 Å². The third-order valence-electron chi connectivity index (χ3n) is 2.79. The summed E-state index contributed by atoms with van der Waals surface area (Å²) in [7, 11) is 0. The summed E-state index contributed by atoms with van der Waals surface area (Å²) in [6.45, 7) is 3.54. The molecule has 0 atom stereocenters. The summed E-state index contributed by atoms with van der Waals surface area (Å²) < 4.78 is 2.08. The van der Waals surface area contributed by atoms with E-state index in [2.05, 4.69) is 40.7 Å². The molecule has 0 aliphatic heterocycles. The Morgan fingerprint density at radius 2 is 1.88 bits per heavy atom. The van der Waals surface area contributed by atoms with Gasteiger partial charge in [-0.1, -0.05) is 31.2 Å². The van der Waals surface area contributed by atoms with Crippen LogP contribution in [0.3, 0.4) is 0 Å². The normalized spacial score (nSPS) is 10.6. The van der Waals surface area contributed by atoms with E-state index >= 15 is 0 Å². The Hall–Kier alpha value is -1.61. The zero-order chi connectivity index (χ0) is 11.4. The standard InChI is InChI=1S/C13H17N3/c1-2-11-3-5-12(6-4-11)9-16-10-15-8-13(16)7-14/h3-6,8,10H,2,7,9,14H2,1H3. The summed E-state index contributed by atoms with van der Waals surface area (Å²) in [5, 5.41) is 0. The van der Waals surface area contributed by atoms with Crippen molar-refractivity contribution in [2.24, 2.45) is 5.73 Å². The topological polar surface area (TPSA) is 43.8 Å². The highest BCUT2D eigenvalue weighted by Crippen LogP contribution is 2.08. The van der Waals surface area contributed by atoms with Crippen LogP contribution >= 0.6 is 0 Å². The van der Waals surface area contributed by atoms with Gasteiger partial charge in [0.05, 0.1) is 12.0 Å². The van der Waals surface area contributed by atoms with Gasteiger partial charge in [0.2, 0.25) is 0 Å². The Bertz CT molecular complexity index is 442. The Kier molecular flexibility index (Phi) is 3.37. The molecule has 0 radical (unpaired) electrons. The van der Waals surface area contributed by atoms with E-state index in [9.17, 15) is 0 Å². The van der Waals surface area contributed by atoms with Gasteiger partial charge in [0.15, 0.2) is 0 Å². The van der Waals surface area contributed by atoms with Crippen LogP contribution in [0, 0.1) is 0 Å². The first-order valence-corrected chi connectivity index (χ1v) is 5.60. The molecule has 0 unspecified atom stereocenters. The monoisotopic (exact) mass is 215 g/mol. The van der Waals surface area contributed by atoms with Crippen molar-refractivity contribution in [3.63, 3.8) is 0 Å². The van der Waals surface area contributed by atoms with Crippen molar-refractivity contribution >= 4 is 0 Å². The van der Waals surface area contributed by atoms with Gasteiger partial charge >= 0.3 is 0 Å². The molecule has 2 aromatic rings. The van der Waals surface area contributed by atoms with E-state index in [1.807, 2.05) is 12.5 Å². The molecule has 0 saturated heterocycles. The lowest BCUT2D eigenvalue weighted by Crippen LogP contribution is -2.07. The summed E-state index contributed by atoms with van der Waals surface area (Å²) in [6, 6.07) is 8.68. The molecule has 3 heteroatoms. The van der Waals surface area contributed by atoms with Crippen molar-refractivity contribution in [2.45, 2.75) is 26.4 Å². The van der Waals surface area contributed by atoms with Crippen LogP contribution in [0.25, 0.3) is 0 Å². The second-order valence-electron chi connectivity index (χ2n) is 3.89. The van der Waals surface area contributed by atoms with E-state index in [1.54, 1.807) is 0 Å². The predicted octanol–water partition coefficient (Wildman–Crippen LogP) is 1.95. The summed E-state index contributed by atoms with van der Waals surface area (Å²) in [6.07, 6.45) is 4.73. The third kappa shape index (κ3) is 2.31. The Morgan fingerprint density at radius 1 is 1.19 bits per heavy atom. The minimum atomic E-state index is 0.535. The fourth-order valence-electron chi connectivity index (χ4n) is 1.74. The molecule has 0 saturated carbocycles. The smallest absolute Gasteiger partial charge is 0.0951 e. The molecule has 84 valence electrons. The molecule has 1 heterocycles. The molecule has 0 aliphatic carbocycles. The number of nitrogens with two attached hydrogens (primary N) is 1. The van der Waals surface area contributed by atoms with Crippen molar-refractivity contribution in [1.29, 1.82) is 0 Å². The molecular weight excluding hydrogens is 198 g/mol. The quantitative estimate of drug-likeness (QED) is 0.847. The van der Waals surface area contributed by atoms with Crippen LogP contribution in [0.2, 0.25) is 0 Å². The largest absolute Gasteiger partial charge is 0.329 e. The van der Waals surface area contributed by atoms with Crippen LogP contribution < -0.4 is 5.73 Å². The Balaban J connectivity index is 2.14. The van der Waals surface area contributed by atoms with Crippen molar-refractivity contribution < 1.29 is 0 Å². The van der Waals surface area contributed by atoms with Gasteiger partial charge in [0.25, 0.3) is 0 Å². The van der Waals surface area contributed by atoms with Gasteiger partial charge in [0.1, 0.15) is 0 Å². The van der Waals surface area contributed by atoms with Gasteiger partial charge in [-0.2, -0.15) is 0 Å². The van der Waals surface area contributed by atoms with Gasteiger partial charge < -0.3 is 10.3 Å². The first-order chi connectivity index (χ1) is 7.83. The maximum Gasteiger partial charge on any atom is 0.0951 e. The molecule has 0 bridgehead atoms. The first kappa shape index (κ1) is 10.9. The zero-order valence-electron chi connectivity index (χ0n) is 9.56. The lowest BCUT2D eigenvalue weighted by Gasteiger charge is -2.07. The van der Waals surface area contributed by atoms with E-state index in [1.165, 1.54) is 11.1 Å². The van der Waals surface area contributed by atoms with Crippen molar-refractivity contribution in [3.8, 4) is 0 Å². The molecule has 0 spiro atoms. The van der Waals surface area contributed by atoms with Gasteiger partial charge in [-0.15, -0.1) is 0 Å². The lowest BCUT2D eigenvalue weighted by molar-refractivity contribution is 0.739. The average molecular weight is 215 g/mol. The van der Waals surface area contributed by atoms with Crippen LogP contribution in [-0.2, 0) is 19.5 Å². The number of hydrogen-bond donors (Lipinski definition) is 1. The average Bonchev–Trinajstić information content (AvgIpc) is 2.77. The van der Waals surface area contributed by atoms with E-state index in [0.29, 0.717) is 6.54 Å². The van der Waals surface area contributed by atoms with E-state index in [4.69, 9.17) is 5.73 Å². The van der Waals surface area contributed by atoms with E-state index in [-0.39, 0.29) is 0 Å². The number of nitrogens with zero attached hydrogens (tertiary/aromatic N) is 2. The highest BCUT2D eigenvalue weighted by Gasteiger charge is 2.00. The molecule has 1 aromatic carbocycles. The van der Waals surface area contributed by atoms with Gasteiger partial charge in [-0.25, -0.2) is 4.98 Å². The minimum Gasteiger partial charge on any atom is -0.329 e. The molecule has 2 rings (SSSR count). The molecule has 0 aliphatic rings. The SMILES string of the molecule is CCc1ccc(Cn2cncc2CN)cc1. The molecule has 3 nitrogen and oxygen atoms in total. The van der Waals surface area contributed by atoms with E-state index < -0.39 is 0 Å². The van der Waals surface area contributed by atoms with Crippen molar-refractivity contribution in [1.82, 2.24) is 9.55 Å². The lowest BCUT2D eigenvalue weighted by atomic mass is 10.1. The maximum absolute atomic E-state index is 5.63. The van der Waals surface area contributed by atoms with Crippen LogP contribution in [0.1, 0.15) is 23.7 Å². The van der Waals surface area contributed by atoms with Crippen LogP contribution in [0.4, 0.5) is 0 Å². The molecule has 0 amide bonds. The third-order valence-corrected chi connectivity index (χ3v) is 2.79. The van der Waals surface area contributed by atoms with Crippen LogP contribution in [-0.4, -0.2) is 9.55 Å². The van der Waals surface area contributed by atoms with Crippen LogP contribution in [0.15, 0.2) is 36.8 Å². The molecule has 0 fully saturated rings. The summed E-state index contributed by atoms with van der Waals surface area (Å²) >= 11 is 0. The first-order valence-electron chi connectivity index (χ1n) is 5.60. The molecule has 1 aromatic heterocycles. The number of imidazole rings is 1. The number of hydrogen-bond acceptors (Lipinski definition) is 2. The molecule has 16 heavy (non-hydrogen) atoms.